The van der Waals surface area contributed by atoms with Crippen molar-refractivity contribution >= 4 is 17.4 Å². The Labute approximate surface area is 141 Å². The standard InChI is InChI=1S/C19H21FN2O2/c1-13(22(3)12-15-7-9-17(20)10-8-15)19(24)21-18-6-4-5-16(11-18)14(2)23/h4-11,13H,12H2,1-3H3,(H,21,24)/t13-/m1/s1. The van der Waals surface area contributed by atoms with E-state index < -0.39 is 0 Å². The first-order valence-electron chi connectivity index (χ1n) is 7.73. The zero-order valence-corrected chi connectivity index (χ0v) is 14.0. The molecule has 1 atom stereocenters. The normalized spacial score (nSPS) is 12.0. The van der Waals surface area contributed by atoms with Gasteiger partial charge in [0.25, 0.3) is 0 Å². The maximum absolute atomic E-state index is 12.9. The van der Waals surface area contributed by atoms with Crippen LogP contribution in [0.1, 0.15) is 29.8 Å². The summed E-state index contributed by atoms with van der Waals surface area (Å²) < 4.78 is 12.9. The molecule has 2 aromatic carbocycles. The Balaban J connectivity index is 1.99. The van der Waals surface area contributed by atoms with E-state index in [1.165, 1.54) is 19.1 Å². The molecule has 0 saturated heterocycles. The molecule has 1 N–H and O–H groups in total. The quantitative estimate of drug-likeness (QED) is 0.826. The highest BCUT2D eigenvalue weighted by Gasteiger charge is 2.18. The average Bonchev–Trinajstić information content (AvgIpc) is 2.56. The molecular formula is C19H21FN2O2. The fraction of sp³-hybridized carbons (Fsp3) is 0.263. The number of likely N-dealkylation sites (N-methyl/N-ethyl adjacent to an activating group) is 1. The molecule has 0 aliphatic heterocycles. The molecule has 0 aliphatic carbocycles. The van der Waals surface area contributed by atoms with E-state index in [4.69, 9.17) is 0 Å². The molecule has 4 nitrogen and oxygen atoms in total. The van der Waals surface area contributed by atoms with Crippen LogP contribution >= 0.6 is 0 Å². The number of amides is 1. The number of carbonyl (C=O) groups is 2. The molecule has 0 unspecified atom stereocenters. The number of rotatable bonds is 6. The zero-order chi connectivity index (χ0) is 17.7. The summed E-state index contributed by atoms with van der Waals surface area (Å²) in [6, 6.07) is 12.7. The van der Waals surface area contributed by atoms with E-state index >= 15 is 0 Å². The number of hydrogen-bond donors (Lipinski definition) is 1. The number of nitrogens with zero attached hydrogens (tertiary/aromatic N) is 1. The molecule has 0 heterocycles. The molecule has 2 rings (SSSR count). The van der Waals surface area contributed by atoms with Crippen LogP contribution in [0.3, 0.4) is 0 Å². The topological polar surface area (TPSA) is 49.4 Å². The first-order chi connectivity index (χ1) is 11.4. The number of nitrogens with one attached hydrogen (secondary N) is 1. The number of hydrogen-bond acceptors (Lipinski definition) is 3. The fourth-order valence-electron chi connectivity index (χ4n) is 2.28. The summed E-state index contributed by atoms with van der Waals surface area (Å²) in [6.45, 7) is 3.82. The summed E-state index contributed by atoms with van der Waals surface area (Å²) in [5.74, 6) is -0.495. The summed E-state index contributed by atoms with van der Waals surface area (Å²) in [4.78, 5) is 25.7. The molecule has 1 amide bonds. The lowest BCUT2D eigenvalue weighted by atomic mass is 10.1. The van der Waals surface area contributed by atoms with Gasteiger partial charge in [-0.3, -0.25) is 14.5 Å². The molecule has 0 aliphatic rings. The molecule has 126 valence electrons. The third-order valence-electron chi connectivity index (χ3n) is 3.92. The summed E-state index contributed by atoms with van der Waals surface area (Å²) in [6.07, 6.45) is 0. The molecule has 0 fully saturated rings. The second kappa shape index (κ2) is 7.84. The maximum Gasteiger partial charge on any atom is 0.241 e. The molecule has 0 aromatic heterocycles. The molecule has 0 radical (unpaired) electrons. The van der Waals surface area contributed by atoms with Crippen LogP contribution in [0.2, 0.25) is 0 Å². The molecule has 0 bridgehead atoms. The van der Waals surface area contributed by atoms with Gasteiger partial charge in [-0.2, -0.15) is 0 Å². The average molecular weight is 328 g/mol. The van der Waals surface area contributed by atoms with Gasteiger partial charge in [-0.25, -0.2) is 4.39 Å². The number of carbonyl (C=O) groups excluding carboxylic acids is 2. The van der Waals surface area contributed by atoms with E-state index in [2.05, 4.69) is 5.32 Å². The Morgan fingerprint density at radius 3 is 2.46 bits per heavy atom. The predicted molar refractivity (Wildman–Crippen MR) is 92.4 cm³/mol. The highest BCUT2D eigenvalue weighted by atomic mass is 19.1. The molecule has 24 heavy (non-hydrogen) atoms. The summed E-state index contributed by atoms with van der Waals surface area (Å²) in [7, 11) is 1.83. The second-order valence-electron chi connectivity index (χ2n) is 5.84. The lowest BCUT2D eigenvalue weighted by molar-refractivity contribution is -0.120. The molecule has 2 aromatic rings. The number of Topliss-reactive ketones (excluding diaryl/α,β-unsaturated/α-hetero) is 1. The minimum Gasteiger partial charge on any atom is -0.325 e. The Kier molecular flexibility index (Phi) is 5.82. The van der Waals surface area contributed by atoms with Gasteiger partial charge in [0.05, 0.1) is 6.04 Å². The highest BCUT2D eigenvalue weighted by Crippen LogP contribution is 2.13. The minimum atomic E-state index is -0.379. The van der Waals surface area contributed by atoms with Gasteiger partial charge in [0.15, 0.2) is 5.78 Å². The van der Waals surface area contributed by atoms with Crippen LogP contribution in [0.4, 0.5) is 10.1 Å². The monoisotopic (exact) mass is 328 g/mol. The second-order valence-corrected chi connectivity index (χ2v) is 5.84. The fourth-order valence-corrected chi connectivity index (χ4v) is 2.28. The van der Waals surface area contributed by atoms with Crippen LogP contribution in [0.5, 0.6) is 0 Å². The van der Waals surface area contributed by atoms with E-state index in [-0.39, 0.29) is 23.5 Å². The van der Waals surface area contributed by atoms with Gasteiger partial charge in [-0.05, 0) is 50.7 Å². The first kappa shape index (κ1) is 17.8. The molecular weight excluding hydrogens is 307 g/mol. The van der Waals surface area contributed by atoms with Gasteiger partial charge >= 0.3 is 0 Å². The van der Waals surface area contributed by atoms with Crippen LogP contribution in [-0.4, -0.2) is 29.7 Å². The van der Waals surface area contributed by atoms with Crippen LogP contribution in [0.25, 0.3) is 0 Å². The van der Waals surface area contributed by atoms with E-state index in [1.807, 2.05) is 11.9 Å². The van der Waals surface area contributed by atoms with Crippen LogP contribution in [0.15, 0.2) is 48.5 Å². The van der Waals surface area contributed by atoms with Crippen molar-refractivity contribution in [2.45, 2.75) is 26.4 Å². The minimum absolute atomic E-state index is 0.0485. The maximum atomic E-state index is 12.9. The van der Waals surface area contributed by atoms with Crippen molar-refractivity contribution in [3.63, 3.8) is 0 Å². The molecule has 0 saturated carbocycles. The van der Waals surface area contributed by atoms with E-state index in [0.717, 1.165) is 5.56 Å². The number of anilines is 1. The Morgan fingerprint density at radius 2 is 1.83 bits per heavy atom. The van der Waals surface area contributed by atoms with Crippen LogP contribution in [-0.2, 0) is 11.3 Å². The first-order valence-corrected chi connectivity index (χ1v) is 7.73. The van der Waals surface area contributed by atoms with Crippen molar-refractivity contribution in [3.8, 4) is 0 Å². The van der Waals surface area contributed by atoms with Crippen molar-refractivity contribution in [2.75, 3.05) is 12.4 Å². The Morgan fingerprint density at radius 1 is 1.17 bits per heavy atom. The number of halogens is 1. The van der Waals surface area contributed by atoms with Gasteiger partial charge in [0.2, 0.25) is 5.91 Å². The van der Waals surface area contributed by atoms with E-state index in [1.54, 1.807) is 43.3 Å². The molecule has 0 spiro atoms. The highest BCUT2D eigenvalue weighted by molar-refractivity contribution is 5.98. The summed E-state index contributed by atoms with van der Waals surface area (Å²) >= 11 is 0. The third kappa shape index (κ3) is 4.73. The Bertz CT molecular complexity index is 728. The van der Waals surface area contributed by atoms with Crippen molar-refractivity contribution in [1.82, 2.24) is 4.90 Å². The van der Waals surface area contributed by atoms with Crippen molar-refractivity contribution in [2.24, 2.45) is 0 Å². The van der Waals surface area contributed by atoms with Gasteiger partial charge in [0, 0.05) is 17.8 Å². The van der Waals surface area contributed by atoms with Gasteiger partial charge in [-0.15, -0.1) is 0 Å². The van der Waals surface area contributed by atoms with Gasteiger partial charge in [0.1, 0.15) is 5.82 Å². The Hall–Kier alpha value is -2.53. The lowest BCUT2D eigenvalue weighted by Gasteiger charge is -2.24. The van der Waals surface area contributed by atoms with Gasteiger partial charge < -0.3 is 5.32 Å². The van der Waals surface area contributed by atoms with Crippen molar-refractivity contribution in [3.05, 3.63) is 65.5 Å². The summed E-state index contributed by atoms with van der Waals surface area (Å²) in [5.41, 5.74) is 2.08. The SMILES string of the molecule is CC(=O)c1cccc(NC(=O)[C@@H](C)N(C)Cc2ccc(F)cc2)c1. The third-order valence-corrected chi connectivity index (χ3v) is 3.92. The van der Waals surface area contributed by atoms with E-state index in [0.29, 0.717) is 17.8 Å². The smallest absolute Gasteiger partial charge is 0.241 e. The van der Waals surface area contributed by atoms with Crippen molar-refractivity contribution < 1.29 is 14.0 Å². The van der Waals surface area contributed by atoms with Crippen LogP contribution in [0, 0.1) is 5.82 Å². The summed E-state index contributed by atoms with van der Waals surface area (Å²) in [5, 5.41) is 2.82. The predicted octanol–water partition coefficient (Wildman–Crippen LogP) is 3.49. The lowest BCUT2D eigenvalue weighted by Crippen LogP contribution is -2.39. The number of benzene rings is 2. The van der Waals surface area contributed by atoms with Gasteiger partial charge in [-0.1, -0.05) is 24.3 Å². The van der Waals surface area contributed by atoms with E-state index in [9.17, 15) is 14.0 Å². The van der Waals surface area contributed by atoms with Crippen molar-refractivity contribution in [1.29, 1.82) is 0 Å². The van der Waals surface area contributed by atoms with Crippen LogP contribution < -0.4 is 5.32 Å². The number of ketones is 1. The zero-order valence-electron chi connectivity index (χ0n) is 14.0. The molecule has 5 heteroatoms. The largest absolute Gasteiger partial charge is 0.325 e.